The van der Waals surface area contributed by atoms with E-state index in [0.29, 0.717) is 12.8 Å². The van der Waals surface area contributed by atoms with Crippen molar-refractivity contribution in [3.63, 3.8) is 0 Å². The van der Waals surface area contributed by atoms with Crippen molar-refractivity contribution in [3.05, 3.63) is 0 Å². The van der Waals surface area contributed by atoms with Gasteiger partial charge >= 0.3 is 17.9 Å². The van der Waals surface area contributed by atoms with Crippen LogP contribution in [0.25, 0.3) is 0 Å². The summed E-state index contributed by atoms with van der Waals surface area (Å²) in [4.78, 5) is 34.7. The maximum absolute atomic E-state index is 11.8. The monoisotopic (exact) mass is 414 g/mol. The van der Waals surface area contributed by atoms with Gasteiger partial charge in [-0.1, -0.05) is 78.1 Å². The lowest BCUT2D eigenvalue weighted by atomic mass is 10.1. The molecule has 0 aliphatic carbocycles. The zero-order chi connectivity index (χ0) is 21.7. The normalized spacial score (nSPS) is 10.9. The second-order valence-electron chi connectivity index (χ2n) is 7.87. The Kier molecular flexibility index (Phi) is 18.6. The van der Waals surface area contributed by atoms with Gasteiger partial charge in [0.25, 0.3) is 0 Å². The molecule has 6 heteroatoms. The van der Waals surface area contributed by atoms with E-state index in [4.69, 9.17) is 14.6 Å². The molecular formula is C23H42O6. The first-order chi connectivity index (χ1) is 14.0. The zero-order valence-corrected chi connectivity index (χ0v) is 18.6. The van der Waals surface area contributed by atoms with Gasteiger partial charge in [0.05, 0.1) is 19.6 Å². The number of aliphatic carboxylic acids is 1. The highest BCUT2D eigenvalue weighted by Crippen LogP contribution is 2.11. The highest BCUT2D eigenvalue weighted by molar-refractivity contribution is 5.70. The third-order valence-corrected chi connectivity index (χ3v) is 4.89. The standard InChI is InChI=1S/C23H42O6/c1-3-5-7-9-11-13-15-22(26)28-18-20(17-21(24)25)19-29-23(27)16-14-12-10-8-6-4-2/h20H,3-19H2,1-2H3,(H,24,25). The summed E-state index contributed by atoms with van der Waals surface area (Å²) in [6.45, 7) is 4.28. The largest absolute Gasteiger partial charge is 0.481 e. The Labute approximate surface area is 176 Å². The van der Waals surface area contributed by atoms with Crippen molar-refractivity contribution in [2.45, 2.75) is 110 Å². The summed E-state index contributed by atoms with van der Waals surface area (Å²) < 4.78 is 10.4. The molecule has 0 aromatic heterocycles. The molecule has 0 rings (SSSR count). The number of carboxylic acids is 1. The van der Waals surface area contributed by atoms with Gasteiger partial charge in [-0.3, -0.25) is 14.4 Å². The van der Waals surface area contributed by atoms with Crippen LogP contribution in [0.2, 0.25) is 0 Å². The molecule has 0 spiro atoms. The molecule has 0 heterocycles. The second kappa shape index (κ2) is 19.7. The molecule has 0 aliphatic rings. The summed E-state index contributed by atoms with van der Waals surface area (Å²) in [6, 6.07) is 0. The van der Waals surface area contributed by atoms with Crippen LogP contribution in [0.3, 0.4) is 0 Å². The summed E-state index contributed by atoms with van der Waals surface area (Å²) in [5.74, 6) is -2.12. The maximum atomic E-state index is 11.8. The van der Waals surface area contributed by atoms with Crippen molar-refractivity contribution in [2.24, 2.45) is 5.92 Å². The third kappa shape index (κ3) is 19.5. The predicted molar refractivity (Wildman–Crippen MR) is 114 cm³/mol. The summed E-state index contributed by atoms with van der Waals surface area (Å²) in [5.41, 5.74) is 0. The number of carbonyl (C=O) groups excluding carboxylic acids is 2. The van der Waals surface area contributed by atoms with Gasteiger partial charge in [-0.15, -0.1) is 0 Å². The van der Waals surface area contributed by atoms with E-state index in [1.165, 1.54) is 38.5 Å². The molecule has 6 nitrogen and oxygen atoms in total. The van der Waals surface area contributed by atoms with Gasteiger partial charge < -0.3 is 14.6 Å². The van der Waals surface area contributed by atoms with Crippen molar-refractivity contribution < 1.29 is 29.0 Å². The third-order valence-electron chi connectivity index (χ3n) is 4.89. The van der Waals surface area contributed by atoms with Gasteiger partial charge in [-0.25, -0.2) is 0 Å². The highest BCUT2D eigenvalue weighted by Gasteiger charge is 2.18. The molecule has 0 radical (unpaired) electrons. The number of rotatable bonds is 20. The number of carboxylic acid groups (broad SMARTS) is 1. The molecule has 29 heavy (non-hydrogen) atoms. The van der Waals surface area contributed by atoms with Gasteiger partial charge in [0, 0.05) is 18.8 Å². The van der Waals surface area contributed by atoms with E-state index >= 15 is 0 Å². The molecular weight excluding hydrogens is 372 g/mol. The van der Waals surface area contributed by atoms with Crippen LogP contribution in [0, 0.1) is 5.92 Å². The van der Waals surface area contributed by atoms with Gasteiger partial charge in [0.2, 0.25) is 0 Å². The fourth-order valence-electron chi connectivity index (χ4n) is 3.08. The van der Waals surface area contributed by atoms with E-state index in [2.05, 4.69) is 13.8 Å². The van der Waals surface area contributed by atoms with Gasteiger partial charge in [-0.2, -0.15) is 0 Å². The minimum absolute atomic E-state index is 0.0226. The van der Waals surface area contributed by atoms with Gasteiger partial charge in [0.1, 0.15) is 0 Å². The Bertz CT molecular complexity index is 403. The van der Waals surface area contributed by atoms with E-state index < -0.39 is 11.9 Å². The van der Waals surface area contributed by atoms with Crippen LogP contribution >= 0.6 is 0 Å². The van der Waals surface area contributed by atoms with Gasteiger partial charge in [-0.05, 0) is 12.8 Å². The van der Waals surface area contributed by atoms with Crippen LogP contribution in [0.1, 0.15) is 110 Å². The lowest BCUT2D eigenvalue weighted by Gasteiger charge is -2.15. The minimum Gasteiger partial charge on any atom is -0.481 e. The quantitative estimate of drug-likeness (QED) is 0.204. The van der Waals surface area contributed by atoms with E-state index in [0.717, 1.165) is 38.5 Å². The van der Waals surface area contributed by atoms with Crippen molar-refractivity contribution in [1.82, 2.24) is 0 Å². The summed E-state index contributed by atoms with van der Waals surface area (Å²) in [6.07, 6.45) is 13.6. The first kappa shape index (κ1) is 27.4. The van der Waals surface area contributed by atoms with Crippen LogP contribution in [0.4, 0.5) is 0 Å². The maximum Gasteiger partial charge on any atom is 0.305 e. The van der Waals surface area contributed by atoms with Gasteiger partial charge in [0.15, 0.2) is 0 Å². The van der Waals surface area contributed by atoms with Crippen molar-refractivity contribution >= 4 is 17.9 Å². The average molecular weight is 415 g/mol. The molecule has 0 fully saturated rings. The van der Waals surface area contributed by atoms with E-state index in [1.54, 1.807) is 0 Å². The Morgan fingerprint density at radius 1 is 0.655 bits per heavy atom. The second-order valence-corrected chi connectivity index (χ2v) is 7.87. The van der Waals surface area contributed by atoms with E-state index in [1.807, 2.05) is 0 Å². The number of unbranched alkanes of at least 4 members (excludes halogenated alkanes) is 10. The molecule has 0 unspecified atom stereocenters. The number of ether oxygens (including phenoxy) is 2. The number of hydrogen-bond acceptors (Lipinski definition) is 5. The zero-order valence-electron chi connectivity index (χ0n) is 18.6. The number of hydrogen-bond donors (Lipinski definition) is 1. The molecule has 0 amide bonds. The Hall–Kier alpha value is -1.59. The van der Waals surface area contributed by atoms with E-state index in [9.17, 15) is 14.4 Å². The first-order valence-corrected chi connectivity index (χ1v) is 11.5. The van der Waals surface area contributed by atoms with Crippen LogP contribution < -0.4 is 0 Å². The molecule has 0 aromatic rings. The smallest absolute Gasteiger partial charge is 0.305 e. The average Bonchev–Trinajstić information content (AvgIpc) is 2.69. The molecule has 0 saturated carbocycles. The van der Waals surface area contributed by atoms with Crippen LogP contribution in [0.5, 0.6) is 0 Å². The van der Waals surface area contributed by atoms with Crippen LogP contribution in [0.15, 0.2) is 0 Å². The van der Waals surface area contributed by atoms with Crippen LogP contribution in [-0.2, 0) is 23.9 Å². The Balaban J connectivity index is 3.96. The van der Waals surface area contributed by atoms with Crippen molar-refractivity contribution in [2.75, 3.05) is 13.2 Å². The molecule has 0 atom stereocenters. The molecule has 0 aliphatic heterocycles. The number of esters is 2. The minimum atomic E-state index is -0.992. The molecule has 0 aromatic carbocycles. The fraction of sp³-hybridized carbons (Fsp3) is 0.870. The van der Waals surface area contributed by atoms with Crippen molar-refractivity contribution in [1.29, 1.82) is 0 Å². The topological polar surface area (TPSA) is 89.9 Å². The molecule has 1 N–H and O–H groups in total. The number of carbonyl (C=O) groups is 3. The summed E-state index contributed by atoms with van der Waals surface area (Å²) in [7, 11) is 0. The first-order valence-electron chi connectivity index (χ1n) is 11.5. The lowest BCUT2D eigenvalue weighted by molar-refractivity contribution is -0.152. The summed E-state index contributed by atoms with van der Waals surface area (Å²) in [5, 5.41) is 9.02. The van der Waals surface area contributed by atoms with Crippen molar-refractivity contribution in [3.8, 4) is 0 Å². The predicted octanol–water partition coefficient (Wildman–Crippen LogP) is 5.66. The highest BCUT2D eigenvalue weighted by atomic mass is 16.5. The summed E-state index contributed by atoms with van der Waals surface area (Å²) >= 11 is 0. The molecule has 0 bridgehead atoms. The molecule has 0 saturated heterocycles. The van der Waals surface area contributed by atoms with E-state index in [-0.39, 0.29) is 31.6 Å². The lowest BCUT2D eigenvalue weighted by Crippen LogP contribution is -2.23. The molecule has 170 valence electrons. The fourth-order valence-corrected chi connectivity index (χ4v) is 3.08. The SMILES string of the molecule is CCCCCCCCC(=O)OCC(COC(=O)CCCCCCCC)CC(=O)O. The Morgan fingerprint density at radius 3 is 1.41 bits per heavy atom. The Morgan fingerprint density at radius 2 is 1.03 bits per heavy atom. The van der Waals surface area contributed by atoms with Crippen LogP contribution in [-0.4, -0.2) is 36.2 Å².